The van der Waals surface area contributed by atoms with Gasteiger partial charge in [-0.2, -0.15) is 13.5 Å². The number of hydrogen-bond donors (Lipinski definition) is 3. The Balaban J connectivity index is 0.00000196. The first-order chi connectivity index (χ1) is 6.72. The Morgan fingerprint density at radius 1 is 1.53 bits per heavy atom. The maximum atomic E-state index is 10.8. The maximum absolute atomic E-state index is 10.8. The van der Waals surface area contributed by atoms with Crippen LogP contribution in [0.3, 0.4) is 0 Å². The molecule has 1 saturated heterocycles. The average Bonchev–Trinajstić information content (AvgIpc) is 2.19. The van der Waals surface area contributed by atoms with E-state index in [0.29, 0.717) is 19.8 Å². The normalized spacial score (nSPS) is 19.1. The van der Waals surface area contributed by atoms with Crippen LogP contribution in [-0.4, -0.2) is 54.9 Å². The van der Waals surface area contributed by atoms with Crippen molar-refractivity contribution < 1.29 is 14.6 Å². The Bertz CT molecular complexity index is 188. The highest BCUT2D eigenvalue weighted by atomic mass is 32.1. The lowest BCUT2D eigenvalue weighted by Gasteiger charge is -2.28. The van der Waals surface area contributed by atoms with Crippen molar-refractivity contribution in [3.63, 3.8) is 0 Å². The minimum Gasteiger partial charge on any atom is -0.391 e. The molecule has 0 aliphatic carbocycles. The van der Waals surface area contributed by atoms with Crippen LogP contribution in [0.5, 0.6) is 0 Å². The van der Waals surface area contributed by atoms with E-state index in [4.69, 9.17) is 10.6 Å². The van der Waals surface area contributed by atoms with Crippen LogP contribution in [0.2, 0.25) is 0 Å². The number of nitrogens with one attached hydrogen (secondary N) is 1. The Morgan fingerprint density at radius 3 is 2.67 bits per heavy atom. The fraction of sp³-hybridized carbons (Fsp3) is 0.875. The number of hydrazine groups is 1. The molecule has 1 heterocycles. The third-order valence-electron chi connectivity index (χ3n) is 2.15. The Hall–Kier alpha value is -0.340. The van der Waals surface area contributed by atoms with E-state index in [2.05, 4.69) is 4.90 Å². The van der Waals surface area contributed by atoms with Gasteiger partial charge in [-0.25, -0.2) is 5.84 Å². The number of nitrogens with two attached hydrogens (primary N) is 1. The first-order valence-electron chi connectivity index (χ1n) is 4.70. The van der Waals surface area contributed by atoms with Crippen LogP contribution >= 0.6 is 13.5 Å². The molecule has 0 bridgehead atoms. The van der Waals surface area contributed by atoms with E-state index < -0.39 is 6.10 Å². The molecule has 1 amide bonds. The molecule has 0 aromatic carbocycles. The Morgan fingerprint density at radius 2 is 2.13 bits per heavy atom. The fourth-order valence-corrected chi connectivity index (χ4v) is 1.42. The molecule has 1 rings (SSSR count). The molecule has 0 unspecified atom stereocenters. The lowest BCUT2D eigenvalue weighted by atomic mass is 10.2. The quantitative estimate of drug-likeness (QED) is 0.304. The molecule has 0 aromatic rings. The summed E-state index contributed by atoms with van der Waals surface area (Å²) in [5.41, 5.74) is 1.99. The number of carbonyl (C=O) groups excluding carboxylic acids is 1. The van der Waals surface area contributed by atoms with Gasteiger partial charge in [0.15, 0.2) is 0 Å². The van der Waals surface area contributed by atoms with Gasteiger partial charge in [0.2, 0.25) is 5.91 Å². The van der Waals surface area contributed by atoms with E-state index in [-0.39, 0.29) is 25.8 Å². The minimum absolute atomic E-state index is 0. The van der Waals surface area contributed by atoms with Crippen LogP contribution in [-0.2, 0) is 9.53 Å². The summed E-state index contributed by atoms with van der Waals surface area (Å²) >= 11 is 0. The molecule has 0 spiro atoms. The van der Waals surface area contributed by atoms with Crippen molar-refractivity contribution in [2.75, 3.05) is 32.8 Å². The van der Waals surface area contributed by atoms with Crippen LogP contribution in [0.4, 0.5) is 0 Å². The molecule has 4 N–H and O–H groups in total. The zero-order valence-electron chi connectivity index (χ0n) is 8.61. The standard InChI is InChI=1S/C8H17N3O3.H2S/c9-10-8(13)5-7(12)6-11-1-3-14-4-2-11;/h7,12H,1-6,9H2,(H,10,13);1H2/t7-;/m0./s1. The second kappa shape index (κ2) is 7.89. The van der Waals surface area contributed by atoms with E-state index in [1.54, 1.807) is 0 Å². The number of carbonyl (C=O) groups is 1. The summed E-state index contributed by atoms with van der Waals surface area (Å²) in [6.07, 6.45) is -0.606. The molecule has 1 fully saturated rings. The topological polar surface area (TPSA) is 87.8 Å². The minimum atomic E-state index is -0.656. The van der Waals surface area contributed by atoms with Gasteiger partial charge >= 0.3 is 0 Å². The van der Waals surface area contributed by atoms with Gasteiger partial charge in [-0.15, -0.1) is 0 Å². The summed E-state index contributed by atoms with van der Waals surface area (Å²) in [4.78, 5) is 12.9. The van der Waals surface area contributed by atoms with Crippen LogP contribution in [0, 0.1) is 0 Å². The highest BCUT2D eigenvalue weighted by Crippen LogP contribution is 2.00. The predicted molar refractivity (Wildman–Crippen MR) is 60.6 cm³/mol. The van der Waals surface area contributed by atoms with Crippen molar-refractivity contribution in [2.24, 2.45) is 5.84 Å². The van der Waals surface area contributed by atoms with Gasteiger partial charge in [-0.05, 0) is 0 Å². The second-order valence-corrected chi connectivity index (χ2v) is 3.34. The van der Waals surface area contributed by atoms with Gasteiger partial charge in [-0.3, -0.25) is 15.1 Å². The summed E-state index contributed by atoms with van der Waals surface area (Å²) in [6.45, 7) is 3.49. The van der Waals surface area contributed by atoms with Crippen molar-refractivity contribution in [3.8, 4) is 0 Å². The third kappa shape index (κ3) is 5.95. The molecule has 7 heteroatoms. The van der Waals surface area contributed by atoms with Crippen molar-refractivity contribution in [1.82, 2.24) is 10.3 Å². The van der Waals surface area contributed by atoms with E-state index in [9.17, 15) is 9.90 Å². The van der Waals surface area contributed by atoms with E-state index in [1.165, 1.54) is 0 Å². The number of nitrogens with zero attached hydrogens (tertiary/aromatic N) is 1. The third-order valence-corrected chi connectivity index (χ3v) is 2.15. The van der Waals surface area contributed by atoms with Crippen LogP contribution in [0.25, 0.3) is 0 Å². The molecule has 15 heavy (non-hydrogen) atoms. The zero-order valence-corrected chi connectivity index (χ0v) is 9.61. The number of aliphatic hydroxyl groups is 1. The molecule has 1 aliphatic rings. The first-order valence-corrected chi connectivity index (χ1v) is 4.70. The van der Waals surface area contributed by atoms with Crippen molar-refractivity contribution >= 4 is 19.4 Å². The SMILES string of the molecule is NNC(=O)C[C@H](O)CN1CCOCC1.S. The van der Waals surface area contributed by atoms with Gasteiger partial charge < -0.3 is 9.84 Å². The van der Waals surface area contributed by atoms with Gasteiger partial charge in [0.1, 0.15) is 0 Å². The Kier molecular flexibility index (Phi) is 7.71. The lowest BCUT2D eigenvalue weighted by Crippen LogP contribution is -2.42. The summed E-state index contributed by atoms with van der Waals surface area (Å²) in [7, 11) is 0. The summed E-state index contributed by atoms with van der Waals surface area (Å²) < 4.78 is 5.16. The number of β-amino-alcohol motifs (C(OH)–C–C–N with tert-alkyl or cyclic N) is 1. The number of rotatable bonds is 4. The Labute approximate surface area is 96.2 Å². The molecule has 0 saturated carbocycles. The zero-order chi connectivity index (χ0) is 10.4. The molecule has 1 aliphatic heterocycles. The molecular formula is C8H19N3O3S. The molecule has 0 radical (unpaired) electrons. The van der Waals surface area contributed by atoms with Gasteiger partial charge in [0.05, 0.1) is 25.7 Å². The number of aliphatic hydroxyl groups excluding tert-OH is 1. The monoisotopic (exact) mass is 237 g/mol. The second-order valence-electron chi connectivity index (χ2n) is 3.34. The van der Waals surface area contributed by atoms with Crippen molar-refractivity contribution in [2.45, 2.75) is 12.5 Å². The largest absolute Gasteiger partial charge is 0.391 e. The summed E-state index contributed by atoms with van der Waals surface area (Å²) in [6, 6.07) is 0. The average molecular weight is 237 g/mol. The number of amides is 1. The van der Waals surface area contributed by atoms with Crippen molar-refractivity contribution in [3.05, 3.63) is 0 Å². The molecule has 1 atom stereocenters. The molecule has 6 nitrogen and oxygen atoms in total. The number of morpholine rings is 1. The smallest absolute Gasteiger partial charge is 0.236 e. The van der Waals surface area contributed by atoms with Crippen LogP contribution < -0.4 is 11.3 Å². The van der Waals surface area contributed by atoms with Gasteiger partial charge in [0.25, 0.3) is 0 Å². The summed E-state index contributed by atoms with van der Waals surface area (Å²) in [5, 5.41) is 9.50. The lowest BCUT2D eigenvalue weighted by molar-refractivity contribution is -0.123. The van der Waals surface area contributed by atoms with Crippen molar-refractivity contribution in [1.29, 1.82) is 0 Å². The van der Waals surface area contributed by atoms with Crippen LogP contribution in [0.1, 0.15) is 6.42 Å². The molecule has 0 aromatic heterocycles. The summed E-state index contributed by atoms with van der Waals surface area (Å²) in [5.74, 6) is 4.57. The van der Waals surface area contributed by atoms with Gasteiger partial charge in [0, 0.05) is 19.6 Å². The fourth-order valence-electron chi connectivity index (χ4n) is 1.42. The first kappa shape index (κ1) is 14.7. The van der Waals surface area contributed by atoms with E-state index >= 15 is 0 Å². The van der Waals surface area contributed by atoms with E-state index in [0.717, 1.165) is 13.1 Å². The number of ether oxygens (including phenoxy) is 1. The maximum Gasteiger partial charge on any atom is 0.236 e. The predicted octanol–water partition coefficient (Wildman–Crippen LogP) is -1.83. The van der Waals surface area contributed by atoms with Crippen LogP contribution in [0.15, 0.2) is 0 Å². The number of hydrogen-bond acceptors (Lipinski definition) is 5. The highest BCUT2D eigenvalue weighted by Gasteiger charge is 2.16. The molecule has 90 valence electrons. The highest BCUT2D eigenvalue weighted by molar-refractivity contribution is 7.59. The van der Waals surface area contributed by atoms with E-state index in [1.807, 2.05) is 5.43 Å². The van der Waals surface area contributed by atoms with Gasteiger partial charge in [-0.1, -0.05) is 0 Å². The molecular weight excluding hydrogens is 218 g/mol.